The predicted molar refractivity (Wildman–Crippen MR) is 69.6 cm³/mol. The number of hydrogen-bond donors (Lipinski definition) is 4. The number of nitrogen functional groups attached to an aromatic ring is 1. The Kier molecular flexibility index (Phi) is 2.91. The van der Waals surface area contributed by atoms with Gasteiger partial charge < -0.3 is 30.4 Å². The van der Waals surface area contributed by atoms with Crippen molar-refractivity contribution in [1.29, 1.82) is 0 Å². The molecule has 0 bridgehead atoms. The van der Waals surface area contributed by atoms with Crippen molar-refractivity contribution in [3.8, 4) is 0 Å². The van der Waals surface area contributed by atoms with Gasteiger partial charge in [-0.3, -0.25) is 0 Å². The van der Waals surface area contributed by atoms with Crippen molar-refractivity contribution in [3.63, 3.8) is 0 Å². The second kappa shape index (κ2) is 4.38. The van der Waals surface area contributed by atoms with Gasteiger partial charge >= 0.3 is 0 Å². The lowest BCUT2D eigenvalue weighted by Crippen LogP contribution is -2.44. The fourth-order valence-corrected chi connectivity index (χ4v) is 2.57. The smallest absolute Gasteiger partial charge is 0.167 e. The summed E-state index contributed by atoms with van der Waals surface area (Å²) in [6.07, 6.45) is 0.0428. The van der Waals surface area contributed by atoms with Gasteiger partial charge in [-0.1, -0.05) is 0 Å². The molecule has 2 aromatic rings. The first-order valence-electron chi connectivity index (χ1n) is 6.20. The summed E-state index contributed by atoms with van der Waals surface area (Å²) in [6, 6.07) is 1.71. The highest BCUT2D eigenvalue weighted by molar-refractivity contribution is 5.86. The molecule has 2 unspecified atom stereocenters. The predicted octanol–water partition coefficient (Wildman–Crippen LogP) is -0.985. The van der Waals surface area contributed by atoms with Crippen molar-refractivity contribution in [2.24, 2.45) is 0 Å². The van der Waals surface area contributed by atoms with Crippen LogP contribution >= 0.6 is 0 Å². The van der Waals surface area contributed by atoms with Crippen LogP contribution in [0.2, 0.25) is 0 Å². The van der Waals surface area contributed by atoms with Gasteiger partial charge in [0, 0.05) is 6.20 Å². The number of ether oxygens (including phenoxy) is 1. The van der Waals surface area contributed by atoms with E-state index >= 15 is 0 Å². The summed E-state index contributed by atoms with van der Waals surface area (Å²) in [5, 5.41) is 30.3. The standard InChI is InChI=1S/C12H16N4O4/c1-12(19)8(18)7(4-17)20-11(12)16-3-2-6-9(13)14-5-15-10(6)16/h2-3,5,7-8,11,17-19H,4H2,1H3,(H2,13,14,15)/t7-,8-,11?,12?/m1/s1. The molecule has 5 N–H and O–H groups in total. The fourth-order valence-electron chi connectivity index (χ4n) is 2.57. The maximum absolute atomic E-state index is 10.4. The van der Waals surface area contributed by atoms with Crippen LogP contribution < -0.4 is 5.73 Å². The van der Waals surface area contributed by atoms with E-state index in [1.165, 1.54) is 13.3 Å². The van der Waals surface area contributed by atoms with Crippen molar-refractivity contribution in [3.05, 3.63) is 18.6 Å². The summed E-state index contributed by atoms with van der Waals surface area (Å²) in [7, 11) is 0. The molecule has 0 amide bonds. The Balaban J connectivity index is 2.10. The average Bonchev–Trinajstić information content (AvgIpc) is 2.92. The van der Waals surface area contributed by atoms with Crippen LogP contribution in [0.15, 0.2) is 18.6 Å². The Hall–Kier alpha value is -1.74. The summed E-state index contributed by atoms with van der Waals surface area (Å²) in [5.74, 6) is 0.325. The topological polar surface area (TPSA) is 127 Å². The van der Waals surface area contributed by atoms with Gasteiger partial charge in [-0.2, -0.15) is 0 Å². The number of aliphatic hydroxyl groups is 3. The molecule has 20 heavy (non-hydrogen) atoms. The Bertz CT molecular complexity index is 641. The highest BCUT2D eigenvalue weighted by Gasteiger charge is 2.53. The van der Waals surface area contributed by atoms with Gasteiger partial charge in [0.05, 0.1) is 12.0 Å². The Labute approximate surface area is 114 Å². The molecule has 4 atom stereocenters. The van der Waals surface area contributed by atoms with Crippen LogP contribution in [0, 0.1) is 0 Å². The summed E-state index contributed by atoms with van der Waals surface area (Å²) in [4.78, 5) is 8.01. The molecule has 0 saturated carbocycles. The van der Waals surface area contributed by atoms with E-state index in [-0.39, 0.29) is 6.61 Å². The zero-order chi connectivity index (χ0) is 14.5. The Morgan fingerprint density at radius 2 is 2.25 bits per heavy atom. The number of hydrogen-bond acceptors (Lipinski definition) is 7. The third-order valence-electron chi connectivity index (χ3n) is 3.73. The lowest BCUT2D eigenvalue weighted by molar-refractivity contribution is -0.0948. The van der Waals surface area contributed by atoms with Crippen LogP contribution in [0.25, 0.3) is 11.0 Å². The first-order valence-corrected chi connectivity index (χ1v) is 6.20. The van der Waals surface area contributed by atoms with E-state index in [9.17, 15) is 15.3 Å². The number of anilines is 1. The zero-order valence-corrected chi connectivity index (χ0v) is 10.8. The van der Waals surface area contributed by atoms with Crippen molar-refractivity contribution in [1.82, 2.24) is 14.5 Å². The van der Waals surface area contributed by atoms with E-state index in [2.05, 4.69) is 9.97 Å². The van der Waals surface area contributed by atoms with Gasteiger partial charge in [-0.05, 0) is 13.0 Å². The summed E-state index contributed by atoms with van der Waals surface area (Å²) < 4.78 is 7.12. The molecule has 3 rings (SSSR count). The number of aromatic nitrogens is 3. The molecule has 0 aliphatic carbocycles. The van der Waals surface area contributed by atoms with Crippen LogP contribution in [0.5, 0.6) is 0 Å². The largest absolute Gasteiger partial charge is 0.394 e. The summed E-state index contributed by atoms with van der Waals surface area (Å²) in [6.45, 7) is 1.07. The first kappa shape index (κ1) is 13.3. The highest BCUT2D eigenvalue weighted by atomic mass is 16.6. The quantitative estimate of drug-likeness (QED) is 0.556. The fraction of sp³-hybridized carbons (Fsp3) is 0.500. The maximum Gasteiger partial charge on any atom is 0.167 e. The van der Waals surface area contributed by atoms with Crippen molar-refractivity contribution >= 4 is 16.9 Å². The van der Waals surface area contributed by atoms with Gasteiger partial charge in [-0.25, -0.2) is 9.97 Å². The molecule has 1 aliphatic rings. The molecule has 3 heterocycles. The molecule has 108 valence electrons. The molecule has 0 aromatic carbocycles. The van der Waals surface area contributed by atoms with Gasteiger partial charge in [0.15, 0.2) is 6.23 Å². The zero-order valence-electron chi connectivity index (χ0n) is 10.8. The van der Waals surface area contributed by atoms with Crippen molar-refractivity contribution in [2.75, 3.05) is 12.3 Å². The third-order valence-corrected chi connectivity index (χ3v) is 3.73. The lowest BCUT2D eigenvalue weighted by Gasteiger charge is -2.27. The summed E-state index contributed by atoms with van der Waals surface area (Å²) in [5.41, 5.74) is 4.70. The van der Waals surface area contributed by atoms with Crippen molar-refractivity contribution < 1.29 is 20.1 Å². The van der Waals surface area contributed by atoms with Crippen LogP contribution in [-0.2, 0) is 4.74 Å². The van der Waals surface area contributed by atoms with Gasteiger partial charge in [0.2, 0.25) is 0 Å². The molecular formula is C12H16N4O4. The normalized spacial score (nSPS) is 33.9. The summed E-state index contributed by atoms with van der Waals surface area (Å²) >= 11 is 0. The number of nitrogens with two attached hydrogens (primary N) is 1. The average molecular weight is 280 g/mol. The molecule has 2 aromatic heterocycles. The SMILES string of the molecule is CC1(O)C(n2ccc3c(N)ncnc32)O[C@H](CO)[C@H]1O. The second-order valence-electron chi connectivity index (χ2n) is 5.10. The van der Waals surface area contributed by atoms with Crippen LogP contribution in [0.1, 0.15) is 13.2 Å². The molecule has 8 heteroatoms. The Morgan fingerprint density at radius 1 is 1.50 bits per heavy atom. The number of aliphatic hydroxyl groups excluding tert-OH is 2. The van der Waals surface area contributed by atoms with Gasteiger partial charge in [0.1, 0.15) is 35.6 Å². The van der Waals surface area contributed by atoms with Crippen LogP contribution in [0.3, 0.4) is 0 Å². The molecule has 8 nitrogen and oxygen atoms in total. The van der Waals surface area contributed by atoms with Crippen LogP contribution in [-0.4, -0.2) is 54.3 Å². The highest BCUT2D eigenvalue weighted by Crippen LogP contribution is 2.39. The monoisotopic (exact) mass is 280 g/mol. The van der Waals surface area contributed by atoms with Gasteiger partial charge in [0.25, 0.3) is 0 Å². The molecule has 1 saturated heterocycles. The van der Waals surface area contributed by atoms with E-state index in [0.717, 1.165) is 0 Å². The minimum Gasteiger partial charge on any atom is -0.394 e. The number of rotatable bonds is 2. The molecule has 0 radical (unpaired) electrons. The number of fused-ring (bicyclic) bond motifs is 1. The molecule has 1 aliphatic heterocycles. The van der Waals surface area contributed by atoms with E-state index in [1.54, 1.807) is 16.8 Å². The molecule has 1 fully saturated rings. The van der Waals surface area contributed by atoms with Crippen LogP contribution in [0.4, 0.5) is 5.82 Å². The van der Waals surface area contributed by atoms with E-state index in [4.69, 9.17) is 10.5 Å². The molecule has 0 spiro atoms. The maximum atomic E-state index is 10.4. The number of nitrogens with zero attached hydrogens (tertiary/aromatic N) is 3. The van der Waals surface area contributed by atoms with Gasteiger partial charge in [-0.15, -0.1) is 0 Å². The molecular weight excluding hydrogens is 264 g/mol. The van der Waals surface area contributed by atoms with E-state index in [1.807, 2.05) is 0 Å². The second-order valence-corrected chi connectivity index (χ2v) is 5.10. The first-order chi connectivity index (χ1) is 9.46. The minimum atomic E-state index is -1.56. The third kappa shape index (κ3) is 1.70. The minimum absolute atomic E-state index is 0.325. The van der Waals surface area contributed by atoms with E-state index < -0.39 is 24.0 Å². The Morgan fingerprint density at radius 3 is 2.90 bits per heavy atom. The lowest BCUT2D eigenvalue weighted by atomic mass is 9.96. The van der Waals surface area contributed by atoms with E-state index in [0.29, 0.717) is 16.9 Å². The van der Waals surface area contributed by atoms with Crippen molar-refractivity contribution in [2.45, 2.75) is 31.0 Å².